The first-order valence-electron chi connectivity index (χ1n) is 7.06. The normalized spacial score (nSPS) is 17.9. The van der Waals surface area contributed by atoms with E-state index in [1.807, 2.05) is 19.1 Å². The van der Waals surface area contributed by atoms with Crippen molar-refractivity contribution < 1.29 is 14.3 Å². The molecule has 1 aliphatic rings. The van der Waals surface area contributed by atoms with Crippen molar-refractivity contribution in [2.24, 2.45) is 0 Å². The number of H-pyrrole nitrogens is 1. The number of benzene rings is 1. The lowest BCUT2D eigenvalue weighted by molar-refractivity contribution is 0.0270. The van der Waals surface area contributed by atoms with Gasteiger partial charge >= 0.3 is 5.97 Å². The molecule has 0 saturated carbocycles. The molecule has 0 spiro atoms. The van der Waals surface area contributed by atoms with E-state index in [1.54, 1.807) is 12.1 Å². The van der Waals surface area contributed by atoms with Crippen LogP contribution in [0.1, 0.15) is 29.5 Å². The molecule has 0 aliphatic carbocycles. The number of esters is 1. The van der Waals surface area contributed by atoms with Crippen LogP contribution in [0.5, 0.6) is 0 Å². The van der Waals surface area contributed by atoms with Gasteiger partial charge in [-0.2, -0.15) is 5.10 Å². The summed E-state index contributed by atoms with van der Waals surface area (Å²) in [5.74, 6) is 1.16. The Morgan fingerprint density at radius 2 is 2.24 bits per heavy atom. The third kappa shape index (κ3) is 3.11. The number of carbonyl (C=O) groups is 1. The second kappa shape index (κ2) is 6.05. The zero-order valence-corrected chi connectivity index (χ0v) is 11.8. The lowest BCUT2D eigenvalue weighted by atomic mass is 10.1. The van der Waals surface area contributed by atoms with Gasteiger partial charge in [-0.15, -0.1) is 0 Å². The molecule has 2 heterocycles. The fourth-order valence-electron chi connectivity index (χ4n) is 2.16. The van der Waals surface area contributed by atoms with Gasteiger partial charge in [-0.05, 0) is 12.1 Å². The molecule has 1 aromatic carbocycles. The van der Waals surface area contributed by atoms with Crippen LogP contribution >= 0.6 is 0 Å². The van der Waals surface area contributed by atoms with Gasteiger partial charge < -0.3 is 9.47 Å². The van der Waals surface area contributed by atoms with Crippen LogP contribution in [-0.4, -0.2) is 40.5 Å². The van der Waals surface area contributed by atoms with Crippen LogP contribution in [0, 0.1) is 0 Å². The van der Waals surface area contributed by atoms with E-state index in [-0.39, 0.29) is 12.1 Å². The van der Waals surface area contributed by atoms with Crippen LogP contribution in [0.2, 0.25) is 0 Å². The Kier molecular flexibility index (Phi) is 3.96. The first-order chi connectivity index (χ1) is 10.3. The van der Waals surface area contributed by atoms with E-state index in [9.17, 15) is 4.79 Å². The number of carbonyl (C=O) groups excluding carboxylic acids is 1. The summed E-state index contributed by atoms with van der Waals surface area (Å²) in [5, 5.41) is 7.02. The first-order valence-corrected chi connectivity index (χ1v) is 7.06. The monoisotopic (exact) mass is 287 g/mol. The summed E-state index contributed by atoms with van der Waals surface area (Å²) in [4.78, 5) is 16.3. The molecule has 1 atom stereocenters. The van der Waals surface area contributed by atoms with Crippen LogP contribution in [0.25, 0.3) is 11.4 Å². The SMILES string of the molecule is CCc1nc(-c2ccc(C(=O)O[C@@H]3CCOC3)cc2)n[nH]1. The van der Waals surface area contributed by atoms with Crippen molar-refractivity contribution in [1.82, 2.24) is 15.2 Å². The van der Waals surface area contributed by atoms with Crippen molar-refractivity contribution >= 4 is 5.97 Å². The van der Waals surface area contributed by atoms with Crippen LogP contribution < -0.4 is 0 Å². The number of aromatic nitrogens is 3. The first kappa shape index (κ1) is 13.8. The number of nitrogens with one attached hydrogen (secondary N) is 1. The van der Waals surface area contributed by atoms with Gasteiger partial charge in [0.1, 0.15) is 11.9 Å². The molecule has 1 N–H and O–H groups in total. The van der Waals surface area contributed by atoms with E-state index in [0.29, 0.717) is 24.6 Å². The lowest BCUT2D eigenvalue weighted by Crippen LogP contribution is -2.17. The fourth-order valence-corrected chi connectivity index (χ4v) is 2.16. The number of rotatable bonds is 4. The highest BCUT2D eigenvalue weighted by atomic mass is 16.6. The van der Waals surface area contributed by atoms with Gasteiger partial charge in [0.05, 0.1) is 18.8 Å². The van der Waals surface area contributed by atoms with Crippen molar-refractivity contribution in [2.75, 3.05) is 13.2 Å². The Bertz CT molecular complexity index is 615. The average Bonchev–Trinajstić information content (AvgIpc) is 3.18. The van der Waals surface area contributed by atoms with E-state index in [0.717, 1.165) is 24.2 Å². The minimum Gasteiger partial charge on any atom is -0.456 e. The predicted molar refractivity (Wildman–Crippen MR) is 75.8 cm³/mol. The summed E-state index contributed by atoms with van der Waals surface area (Å²) < 4.78 is 10.5. The van der Waals surface area contributed by atoms with Gasteiger partial charge in [-0.25, -0.2) is 9.78 Å². The van der Waals surface area contributed by atoms with Gasteiger partial charge in [0.25, 0.3) is 0 Å². The zero-order chi connectivity index (χ0) is 14.7. The predicted octanol–water partition coefficient (Wildman–Crippen LogP) is 1.98. The maximum Gasteiger partial charge on any atom is 0.338 e. The molecule has 0 amide bonds. The van der Waals surface area contributed by atoms with Crippen molar-refractivity contribution in [3.05, 3.63) is 35.7 Å². The van der Waals surface area contributed by atoms with E-state index in [4.69, 9.17) is 9.47 Å². The molecule has 0 bridgehead atoms. The Hall–Kier alpha value is -2.21. The minimum atomic E-state index is -0.318. The summed E-state index contributed by atoms with van der Waals surface area (Å²) in [5.41, 5.74) is 1.39. The molecule has 3 rings (SSSR count). The second-order valence-electron chi connectivity index (χ2n) is 4.93. The van der Waals surface area contributed by atoms with Gasteiger partial charge in [-0.3, -0.25) is 5.10 Å². The number of nitrogens with zero attached hydrogens (tertiary/aromatic N) is 2. The lowest BCUT2D eigenvalue weighted by Gasteiger charge is -2.09. The summed E-state index contributed by atoms with van der Waals surface area (Å²) in [7, 11) is 0. The average molecular weight is 287 g/mol. The van der Waals surface area contributed by atoms with Crippen LogP contribution in [-0.2, 0) is 15.9 Å². The third-order valence-corrected chi connectivity index (χ3v) is 3.41. The van der Waals surface area contributed by atoms with Crippen molar-refractivity contribution in [1.29, 1.82) is 0 Å². The molecule has 0 radical (unpaired) electrons. The number of aromatic amines is 1. The number of ether oxygens (including phenoxy) is 2. The van der Waals surface area contributed by atoms with E-state index < -0.39 is 0 Å². The summed E-state index contributed by atoms with van der Waals surface area (Å²) in [6.07, 6.45) is 1.44. The Labute approximate surface area is 122 Å². The Balaban J connectivity index is 1.69. The van der Waals surface area contributed by atoms with E-state index in [1.165, 1.54) is 0 Å². The Morgan fingerprint density at radius 1 is 1.43 bits per heavy atom. The topological polar surface area (TPSA) is 77.1 Å². The van der Waals surface area contributed by atoms with E-state index >= 15 is 0 Å². The molecule has 2 aromatic rings. The number of aryl methyl sites for hydroxylation is 1. The van der Waals surface area contributed by atoms with E-state index in [2.05, 4.69) is 15.2 Å². The van der Waals surface area contributed by atoms with Crippen molar-refractivity contribution in [3.8, 4) is 11.4 Å². The third-order valence-electron chi connectivity index (χ3n) is 3.41. The van der Waals surface area contributed by atoms with Gasteiger partial charge in [0.2, 0.25) is 0 Å². The van der Waals surface area contributed by atoms with Gasteiger partial charge in [0, 0.05) is 18.4 Å². The standard InChI is InChI=1S/C15H17N3O3/c1-2-13-16-14(18-17-13)10-3-5-11(6-4-10)15(19)21-12-7-8-20-9-12/h3-6,12H,2,7-9H2,1H3,(H,16,17,18)/t12-/m1/s1. The number of hydrogen-bond donors (Lipinski definition) is 1. The number of hydrogen-bond acceptors (Lipinski definition) is 5. The molecule has 1 aliphatic heterocycles. The largest absolute Gasteiger partial charge is 0.456 e. The highest BCUT2D eigenvalue weighted by molar-refractivity contribution is 5.90. The van der Waals surface area contributed by atoms with Crippen LogP contribution in [0.4, 0.5) is 0 Å². The molecule has 1 aromatic heterocycles. The summed E-state index contributed by atoms with van der Waals surface area (Å²) >= 11 is 0. The molecule has 1 fully saturated rings. The maximum atomic E-state index is 12.0. The van der Waals surface area contributed by atoms with Crippen LogP contribution in [0.3, 0.4) is 0 Å². The van der Waals surface area contributed by atoms with Crippen LogP contribution in [0.15, 0.2) is 24.3 Å². The molecule has 110 valence electrons. The highest BCUT2D eigenvalue weighted by Gasteiger charge is 2.20. The molecule has 21 heavy (non-hydrogen) atoms. The summed E-state index contributed by atoms with van der Waals surface area (Å²) in [6, 6.07) is 7.11. The maximum absolute atomic E-state index is 12.0. The van der Waals surface area contributed by atoms with Crippen molar-refractivity contribution in [3.63, 3.8) is 0 Å². The molecular formula is C15H17N3O3. The molecular weight excluding hydrogens is 270 g/mol. The second-order valence-corrected chi connectivity index (χ2v) is 4.93. The molecule has 1 saturated heterocycles. The highest BCUT2D eigenvalue weighted by Crippen LogP contribution is 2.17. The van der Waals surface area contributed by atoms with Gasteiger partial charge in [0.15, 0.2) is 5.82 Å². The smallest absolute Gasteiger partial charge is 0.338 e. The molecule has 6 heteroatoms. The van der Waals surface area contributed by atoms with Gasteiger partial charge in [-0.1, -0.05) is 19.1 Å². The molecule has 6 nitrogen and oxygen atoms in total. The fraction of sp³-hybridized carbons (Fsp3) is 0.400. The quantitative estimate of drug-likeness (QED) is 0.870. The molecule has 0 unspecified atom stereocenters. The minimum absolute atomic E-state index is 0.128. The zero-order valence-electron chi connectivity index (χ0n) is 11.8. The summed E-state index contributed by atoms with van der Waals surface area (Å²) in [6.45, 7) is 3.15. The van der Waals surface area contributed by atoms with Crippen molar-refractivity contribution in [2.45, 2.75) is 25.9 Å². The Morgan fingerprint density at radius 3 is 2.86 bits per heavy atom.